The van der Waals surface area contributed by atoms with Gasteiger partial charge >= 0.3 is 36.0 Å². The molecular weight excluding hydrogens is 894 g/mol. The lowest BCUT2D eigenvalue weighted by Crippen LogP contribution is -2.30. The number of aliphatic carboxylic acids is 2. The van der Waals surface area contributed by atoms with Gasteiger partial charge in [0.05, 0.1) is 22.1 Å². The first kappa shape index (κ1) is 50.3. The summed E-state index contributed by atoms with van der Waals surface area (Å²) >= 11 is 17.3. The number of ether oxygens (including phenoxy) is 2. The van der Waals surface area contributed by atoms with Crippen molar-refractivity contribution < 1.29 is 70.0 Å². The lowest BCUT2D eigenvalue weighted by Gasteiger charge is -2.12. The molecule has 0 saturated heterocycles. The molecule has 324 valence electrons. The van der Waals surface area contributed by atoms with E-state index >= 15 is 0 Å². The highest BCUT2D eigenvalue weighted by Gasteiger charge is 2.31. The Balaban J connectivity index is 0.000000327. The summed E-state index contributed by atoms with van der Waals surface area (Å²) in [6.45, 7) is 1.06. The van der Waals surface area contributed by atoms with Crippen LogP contribution < -0.4 is 20.9 Å². The number of rotatable bonds is 14. The molecule has 0 spiro atoms. The zero-order valence-corrected chi connectivity index (χ0v) is 33.7. The Morgan fingerprint density at radius 3 is 2.15 bits per heavy atom. The van der Waals surface area contributed by atoms with Crippen LogP contribution in [-0.4, -0.2) is 77.2 Å². The van der Waals surface area contributed by atoms with Crippen LogP contribution in [0.15, 0.2) is 53.3 Å². The smallest absolute Gasteiger partial charge is 0.416 e. The minimum atomic E-state index is -4.52. The summed E-state index contributed by atoms with van der Waals surface area (Å²) in [7, 11) is -3.10. The first-order valence-electron chi connectivity index (χ1n) is 16.2. The van der Waals surface area contributed by atoms with E-state index in [1.54, 1.807) is 6.92 Å². The second-order valence-electron chi connectivity index (χ2n) is 11.9. The Morgan fingerprint density at radius 1 is 1.05 bits per heavy atom. The molecule has 3 aromatic carbocycles. The number of hydrogen-bond acceptors (Lipinski definition) is 10. The van der Waals surface area contributed by atoms with Gasteiger partial charge < -0.3 is 30.3 Å². The van der Waals surface area contributed by atoms with Gasteiger partial charge in [-0.3, -0.25) is 24.3 Å². The molecule has 0 aliphatic rings. The number of carboxylic acids is 2. The third-order valence-electron chi connectivity index (χ3n) is 7.27. The van der Waals surface area contributed by atoms with Crippen molar-refractivity contribution in [3.63, 3.8) is 0 Å². The zero-order chi connectivity index (χ0) is 45.2. The fraction of sp³-hybridized carbons (Fsp3) is 0.333. The number of nitro groups is 1. The van der Waals surface area contributed by atoms with Crippen molar-refractivity contribution in [2.45, 2.75) is 50.8 Å². The van der Waals surface area contributed by atoms with Crippen LogP contribution in [0.4, 0.5) is 32.0 Å². The van der Waals surface area contributed by atoms with E-state index in [1.165, 1.54) is 24.9 Å². The van der Waals surface area contributed by atoms with Gasteiger partial charge in [-0.1, -0.05) is 23.2 Å². The van der Waals surface area contributed by atoms with Gasteiger partial charge in [0.2, 0.25) is 5.75 Å². The van der Waals surface area contributed by atoms with Crippen molar-refractivity contribution >= 4 is 59.8 Å². The van der Waals surface area contributed by atoms with Gasteiger partial charge in [-0.2, -0.15) is 26.6 Å². The van der Waals surface area contributed by atoms with E-state index in [2.05, 4.69) is 5.10 Å². The average molecular weight is 927 g/mol. The van der Waals surface area contributed by atoms with Crippen LogP contribution in [0.1, 0.15) is 36.8 Å². The molecule has 4 aromatic rings. The molecular formula is C33H33Cl3F6N5O11P. The number of halogens is 9. The van der Waals surface area contributed by atoms with Crippen molar-refractivity contribution in [1.29, 1.82) is 0 Å². The number of alkyl halides is 6. The predicted octanol–water partition coefficient (Wildman–Crippen LogP) is 7.91. The molecule has 1 heterocycles. The minimum absolute atomic E-state index is 0.0111. The first-order chi connectivity index (χ1) is 27.2. The van der Waals surface area contributed by atoms with E-state index in [-0.39, 0.29) is 74.5 Å². The third-order valence-corrected chi connectivity index (χ3v) is 9.35. The number of aromatic nitrogens is 3. The van der Waals surface area contributed by atoms with Gasteiger partial charge in [-0.25, -0.2) is 13.8 Å². The molecule has 26 heteroatoms. The van der Waals surface area contributed by atoms with Crippen LogP contribution in [0.3, 0.4) is 0 Å². The summed E-state index contributed by atoms with van der Waals surface area (Å²) in [4.78, 5) is 52.0. The Bertz CT molecular complexity index is 2260. The number of nitrogens with zero attached hydrogens (tertiary/aromatic N) is 4. The summed E-state index contributed by atoms with van der Waals surface area (Å²) in [5.41, 5.74) is 2.40. The van der Waals surface area contributed by atoms with Crippen molar-refractivity contribution in [2.75, 3.05) is 19.4 Å². The maximum Gasteiger partial charge on any atom is 0.416 e. The SMILES string of the molecule is CCOc1cc(Oc2ccc(C(F)(F)F)cc2Cl)ccc1[N+](=O)[O-].CP(=O)(O)CCC(N)C(=O)O.Cc1nn(-c2cc(CC(Cl)C(=O)O)c(Cl)cc2F)c(=O)n1C(F)F. The van der Waals surface area contributed by atoms with E-state index in [0.29, 0.717) is 4.68 Å². The summed E-state index contributed by atoms with van der Waals surface area (Å²) in [6, 6.07) is 7.26. The van der Waals surface area contributed by atoms with E-state index in [4.69, 9.17) is 65.1 Å². The number of benzene rings is 3. The number of hydrogen-bond donors (Lipinski definition) is 4. The fourth-order valence-corrected chi connectivity index (χ4v) is 5.78. The lowest BCUT2D eigenvalue weighted by atomic mass is 10.1. The molecule has 16 nitrogen and oxygen atoms in total. The van der Waals surface area contributed by atoms with E-state index in [9.17, 15) is 55.4 Å². The fourth-order valence-electron chi connectivity index (χ4n) is 4.41. The standard InChI is InChI=1S/C15H11ClF3NO4.C13H10Cl2F3N3O3.C5H12NO4P/c1-2-23-14-8-10(4-5-12(14)20(21)22)24-13-6-3-9(7-11(13)16)15(17,18)19;1-5-19-21(13(24)20(5)12(17)18)10-3-6(2-8(15)11(22)23)7(14)4-9(10)16;1-11(9,10)3-2-4(6)5(7)8/h3-8H,2H2,1H3;3-4,8,12H,2H2,1H3,(H,22,23);4H,2-3,6H2,1H3,(H,7,8)(H,9,10). The molecule has 0 aliphatic heterocycles. The highest BCUT2D eigenvalue weighted by atomic mass is 35.5. The minimum Gasteiger partial charge on any atom is -0.487 e. The van der Waals surface area contributed by atoms with Crippen molar-refractivity contribution in [3.05, 3.63) is 102 Å². The van der Waals surface area contributed by atoms with Crippen molar-refractivity contribution in [3.8, 4) is 22.9 Å². The second-order valence-corrected chi connectivity index (χ2v) is 15.8. The molecule has 5 N–H and O–H groups in total. The largest absolute Gasteiger partial charge is 0.487 e. The van der Waals surface area contributed by atoms with E-state index < -0.39 is 71.1 Å². The molecule has 0 bridgehead atoms. The van der Waals surface area contributed by atoms with Crippen LogP contribution in [-0.2, 0) is 26.8 Å². The second kappa shape index (κ2) is 21.4. The molecule has 3 unspecified atom stereocenters. The molecule has 0 saturated carbocycles. The normalized spacial score (nSPS) is 13.2. The summed E-state index contributed by atoms with van der Waals surface area (Å²) in [5.74, 6) is -3.63. The quantitative estimate of drug-likeness (QED) is 0.0309. The highest BCUT2D eigenvalue weighted by Crippen LogP contribution is 2.39. The molecule has 0 fully saturated rings. The topological polar surface area (TPSA) is 239 Å². The van der Waals surface area contributed by atoms with E-state index in [0.717, 1.165) is 37.3 Å². The van der Waals surface area contributed by atoms with Crippen LogP contribution in [0, 0.1) is 22.9 Å². The van der Waals surface area contributed by atoms with Crippen molar-refractivity contribution in [2.24, 2.45) is 5.73 Å². The first-order valence-corrected chi connectivity index (χ1v) is 19.7. The Hall–Kier alpha value is -4.86. The maximum atomic E-state index is 14.1. The van der Waals surface area contributed by atoms with Crippen LogP contribution in [0.5, 0.6) is 17.2 Å². The molecule has 3 atom stereocenters. The number of carbonyl (C=O) groups is 2. The van der Waals surface area contributed by atoms with Gasteiger partial charge in [-0.05, 0) is 62.2 Å². The molecule has 0 amide bonds. The predicted molar refractivity (Wildman–Crippen MR) is 201 cm³/mol. The van der Waals surface area contributed by atoms with Crippen molar-refractivity contribution in [1.82, 2.24) is 14.3 Å². The monoisotopic (exact) mass is 925 g/mol. The number of nitro benzene ring substituents is 1. The van der Waals surface area contributed by atoms with E-state index in [1.807, 2.05) is 0 Å². The number of nitrogens with two attached hydrogens (primary N) is 1. The number of aryl methyl sites for hydroxylation is 1. The third kappa shape index (κ3) is 15.0. The van der Waals surface area contributed by atoms with Gasteiger partial charge in [-0.15, -0.1) is 16.7 Å². The average Bonchev–Trinajstić information content (AvgIpc) is 3.41. The Labute approximate surface area is 344 Å². The molecule has 0 radical (unpaired) electrons. The zero-order valence-electron chi connectivity index (χ0n) is 30.5. The molecule has 59 heavy (non-hydrogen) atoms. The summed E-state index contributed by atoms with van der Waals surface area (Å²) in [5, 5.41) is 29.9. The Morgan fingerprint density at radius 2 is 1.68 bits per heavy atom. The van der Waals surface area contributed by atoms with Gasteiger partial charge in [0.15, 0.2) is 13.2 Å². The molecule has 4 rings (SSSR count). The lowest BCUT2D eigenvalue weighted by molar-refractivity contribution is -0.385. The molecule has 1 aromatic heterocycles. The van der Waals surface area contributed by atoms with Gasteiger partial charge in [0, 0.05) is 36.4 Å². The molecule has 0 aliphatic carbocycles. The van der Waals surface area contributed by atoms with Crippen LogP contribution in [0.25, 0.3) is 5.69 Å². The van der Waals surface area contributed by atoms with Gasteiger partial charge in [0.25, 0.3) is 0 Å². The number of carboxylic acid groups (broad SMARTS) is 2. The van der Waals surface area contributed by atoms with Crippen LogP contribution in [0.2, 0.25) is 10.0 Å². The van der Waals surface area contributed by atoms with Crippen LogP contribution >= 0.6 is 42.2 Å². The highest BCUT2D eigenvalue weighted by molar-refractivity contribution is 7.57. The maximum absolute atomic E-state index is 14.1. The van der Waals surface area contributed by atoms with Gasteiger partial charge in [0.1, 0.15) is 34.4 Å². The Kier molecular flexibility index (Phi) is 18.2. The summed E-state index contributed by atoms with van der Waals surface area (Å²) in [6.07, 6.45) is -4.77. The summed E-state index contributed by atoms with van der Waals surface area (Å²) < 4.78 is 99.4.